The average Bonchev–Trinajstić information content (AvgIpc) is 3.34. The highest BCUT2D eigenvalue weighted by Crippen LogP contribution is 2.30. The summed E-state index contributed by atoms with van der Waals surface area (Å²) in [4.78, 5) is 4.40. The van der Waals surface area contributed by atoms with Crippen LogP contribution in [-0.2, 0) is 5.75 Å². The van der Waals surface area contributed by atoms with Gasteiger partial charge in [-0.15, -0.1) is 10.2 Å². The molecule has 136 valence electrons. The van der Waals surface area contributed by atoms with Crippen molar-refractivity contribution in [2.75, 3.05) is 13.0 Å². The number of ether oxygens (including phenoxy) is 1. The smallest absolute Gasteiger partial charge is 0.237 e. The first-order valence-corrected chi connectivity index (χ1v) is 9.09. The van der Waals surface area contributed by atoms with Crippen LogP contribution in [0.4, 0.5) is 0 Å². The van der Waals surface area contributed by atoms with Crippen LogP contribution in [0.25, 0.3) is 22.8 Å². The molecule has 0 radical (unpaired) electrons. The van der Waals surface area contributed by atoms with Crippen LogP contribution in [0.5, 0.6) is 5.75 Å². The van der Waals surface area contributed by atoms with E-state index in [1.165, 1.54) is 16.4 Å². The SMILES string of the molecule is COc1ccccc1-c1nnc(SCc2nc(-c3ccccc3)no2)n1N. The van der Waals surface area contributed by atoms with Crippen LogP contribution in [0.3, 0.4) is 0 Å². The number of hydrogen-bond donors (Lipinski definition) is 1. The van der Waals surface area contributed by atoms with Crippen molar-refractivity contribution in [3.63, 3.8) is 0 Å². The van der Waals surface area contributed by atoms with Crippen LogP contribution in [-0.4, -0.2) is 32.1 Å². The maximum absolute atomic E-state index is 6.17. The molecule has 0 saturated carbocycles. The Bertz CT molecular complexity index is 1050. The zero-order valence-electron chi connectivity index (χ0n) is 14.4. The predicted molar refractivity (Wildman–Crippen MR) is 101 cm³/mol. The lowest BCUT2D eigenvalue weighted by molar-refractivity contribution is 0.391. The Morgan fingerprint density at radius 2 is 1.85 bits per heavy atom. The van der Waals surface area contributed by atoms with Gasteiger partial charge in [-0.1, -0.05) is 59.4 Å². The minimum absolute atomic E-state index is 0.432. The number of benzene rings is 2. The molecule has 0 aliphatic carbocycles. The molecular weight excluding hydrogens is 364 g/mol. The Morgan fingerprint density at radius 3 is 2.67 bits per heavy atom. The van der Waals surface area contributed by atoms with Crippen molar-refractivity contribution in [3.05, 3.63) is 60.5 Å². The molecule has 0 amide bonds. The molecule has 27 heavy (non-hydrogen) atoms. The van der Waals surface area contributed by atoms with Crippen LogP contribution in [0.2, 0.25) is 0 Å². The fraction of sp³-hybridized carbons (Fsp3) is 0.111. The van der Waals surface area contributed by atoms with Gasteiger partial charge >= 0.3 is 0 Å². The third-order valence-electron chi connectivity index (χ3n) is 3.84. The van der Waals surface area contributed by atoms with Crippen molar-refractivity contribution in [1.29, 1.82) is 0 Å². The van der Waals surface area contributed by atoms with Crippen molar-refractivity contribution in [1.82, 2.24) is 25.0 Å². The highest BCUT2D eigenvalue weighted by molar-refractivity contribution is 7.98. The number of methoxy groups -OCH3 is 1. The number of aromatic nitrogens is 5. The molecule has 8 nitrogen and oxygen atoms in total. The van der Waals surface area contributed by atoms with Crippen molar-refractivity contribution in [2.24, 2.45) is 0 Å². The molecule has 0 bridgehead atoms. The Hall–Kier alpha value is -3.33. The fourth-order valence-electron chi connectivity index (χ4n) is 2.53. The number of nitrogens with zero attached hydrogens (tertiary/aromatic N) is 5. The Kier molecular flexibility index (Phi) is 4.75. The molecule has 0 aliphatic rings. The molecule has 2 aromatic heterocycles. The highest BCUT2D eigenvalue weighted by atomic mass is 32.2. The van der Waals surface area contributed by atoms with E-state index < -0.39 is 0 Å². The van der Waals surface area contributed by atoms with Gasteiger partial charge in [0, 0.05) is 5.56 Å². The number of rotatable bonds is 6. The van der Waals surface area contributed by atoms with E-state index >= 15 is 0 Å². The molecule has 2 N–H and O–H groups in total. The third kappa shape index (κ3) is 3.49. The summed E-state index contributed by atoms with van der Waals surface area (Å²) in [6.07, 6.45) is 0. The number of para-hydroxylation sites is 1. The van der Waals surface area contributed by atoms with Gasteiger partial charge in [-0.05, 0) is 12.1 Å². The topological polar surface area (TPSA) is 105 Å². The molecule has 0 fully saturated rings. The fourth-order valence-corrected chi connectivity index (χ4v) is 3.23. The standard InChI is InChI=1S/C18H16N6O2S/c1-25-14-10-6-5-9-13(14)17-21-22-18(24(17)19)27-11-15-20-16(23-26-15)12-7-3-2-4-8-12/h2-10H,11,19H2,1H3. The van der Waals surface area contributed by atoms with Gasteiger partial charge in [0.2, 0.25) is 16.9 Å². The Labute approximate surface area is 159 Å². The van der Waals surface area contributed by atoms with Crippen LogP contribution in [0.15, 0.2) is 64.3 Å². The van der Waals surface area contributed by atoms with Gasteiger partial charge < -0.3 is 15.1 Å². The monoisotopic (exact) mass is 380 g/mol. The van der Waals surface area contributed by atoms with Gasteiger partial charge in [0.1, 0.15) is 5.75 Å². The summed E-state index contributed by atoms with van der Waals surface area (Å²) in [7, 11) is 1.60. The Balaban J connectivity index is 1.50. The summed E-state index contributed by atoms with van der Waals surface area (Å²) < 4.78 is 12.1. The molecule has 0 unspecified atom stereocenters. The van der Waals surface area contributed by atoms with Crippen molar-refractivity contribution < 1.29 is 9.26 Å². The third-order valence-corrected chi connectivity index (χ3v) is 4.77. The normalized spacial score (nSPS) is 10.9. The van der Waals surface area contributed by atoms with Crippen molar-refractivity contribution in [2.45, 2.75) is 10.9 Å². The number of hydrogen-bond acceptors (Lipinski definition) is 8. The zero-order chi connectivity index (χ0) is 18.6. The van der Waals surface area contributed by atoms with Gasteiger partial charge in [-0.2, -0.15) is 4.98 Å². The maximum atomic E-state index is 6.17. The van der Waals surface area contributed by atoms with E-state index in [9.17, 15) is 0 Å². The van der Waals surface area contributed by atoms with Gasteiger partial charge in [0.15, 0.2) is 5.82 Å². The molecule has 0 atom stereocenters. The van der Waals surface area contributed by atoms with Crippen LogP contribution >= 0.6 is 11.8 Å². The molecule has 4 aromatic rings. The first kappa shape index (κ1) is 17.1. The predicted octanol–water partition coefficient (Wildman–Crippen LogP) is 3.01. The largest absolute Gasteiger partial charge is 0.496 e. The zero-order valence-corrected chi connectivity index (χ0v) is 15.3. The summed E-state index contributed by atoms with van der Waals surface area (Å²) in [6.45, 7) is 0. The van der Waals surface area contributed by atoms with Gasteiger partial charge in [-0.3, -0.25) is 0 Å². The molecular formula is C18H16N6O2S. The van der Waals surface area contributed by atoms with E-state index in [1.54, 1.807) is 7.11 Å². The molecule has 0 spiro atoms. The second-order valence-electron chi connectivity index (χ2n) is 5.54. The highest BCUT2D eigenvalue weighted by Gasteiger charge is 2.17. The molecule has 2 aromatic carbocycles. The van der Waals surface area contributed by atoms with E-state index in [1.807, 2.05) is 54.6 Å². The molecule has 4 rings (SSSR count). The Morgan fingerprint density at radius 1 is 1.07 bits per heavy atom. The molecule has 0 saturated heterocycles. The van der Waals surface area contributed by atoms with E-state index in [0.717, 1.165) is 11.1 Å². The van der Waals surface area contributed by atoms with E-state index in [0.29, 0.717) is 34.2 Å². The first-order valence-electron chi connectivity index (χ1n) is 8.11. The lowest BCUT2D eigenvalue weighted by Gasteiger charge is -2.07. The summed E-state index contributed by atoms with van der Waals surface area (Å²) in [5, 5.41) is 12.9. The van der Waals surface area contributed by atoms with E-state index in [-0.39, 0.29) is 0 Å². The second-order valence-corrected chi connectivity index (χ2v) is 6.49. The van der Waals surface area contributed by atoms with Crippen LogP contribution in [0.1, 0.15) is 5.89 Å². The number of thioether (sulfide) groups is 1. The lowest BCUT2D eigenvalue weighted by Crippen LogP contribution is -2.12. The molecule has 2 heterocycles. The van der Waals surface area contributed by atoms with Crippen molar-refractivity contribution in [3.8, 4) is 28.5 Å². The van der Waals surface area contributed by atoms with Crippen LogP contribution < -0.4 is 10.6 Å². The molecule has 9 heteroatoms. The van der Waals surface area contributed by atoms with Gasteiger partial charge in [0.25, 0.3) is 0 Å². The minimum atomic E-state index is 0.432. The minimum Gasteiger partial charge on any atom is -0.496 e. The summed E-state index contributed by atoms with van der Waals surface area (Å²) in [5.41, 5.74) is 1.67. The molecule has 0 aliphatic heterocycles. The maximum Gasteiger partial charge on any atom is 0.237 e. The summed E-state index contributed by atoms with van der Waals surface area (Å²) >= 11 is 1.36. The first-order chi connectivity index (χ1) is 13.3. The lowest BCUT2D eigenvalue weighted by atomic mass is 10.2. The average molecular weight is 380 g/mol. The van der Waals surface area contributed by atoms with Crippen LogP contribution in [0, 0.1) is 0 Å². The summed E-state index contributed by atoms with van der Waals surface area (Å²) in [5.74, 6) is 8.83. The van der Waals surface area contributed by atoms with Crippen molar-refractivity contribution >= 4 is 11.8 Å². The quantitative estimate of drug-likeness (QED) is 0.402. The number of nitrogens with two attached hydrogens (primary N) is 1. The van der Waals surface area contributed by atoms with Gasteiger partial charge in [-0.25, -0.2) is 4.68 Å². The second kappa shape index (κ2) is 7.50. The van der Waals surface area contributed by atoms with Gasteiger partial charge in [0.05, 0.1) is 18.4 Å². The van der Waals surface area contributed by atoms with E-state index in [4.69, 9.17) is 15.1 Å². The van der Waals surface area contributed by atoms with E-state index in [2.05, 4.69) is 20.3 Å². The number of nitrogen functional groups attached to an aromatic ring is 1. The summed E-state index contributed by atoms with van der Waals surface area (Å²) in [6, 6.07) is 17.2.